The van der Waals surface area contributed by atoms with E-state index in [0.29, 0.717) is 24.7 Å². The van der Waals surface area contributed by atoms with Crippen LogP contribution in [0.25, 0.3) is 0 Å². The number of anilines is 1. The van der Waals surface area contributed by atoms with Crippen LogP contribution in [-0.2, 0) is 21.3 Å². The van der Waals surface area contributed by atoms with Gasteiger partial charge in [0.25, 0.3) is 5.91 Å². The van der Waals surface area contributed by atoms with E-state index in [4.69, 9.17) is 4.74 Å². The van der Waals surface area contributed by atoms with E-state index >= 15 is 0 Å². The molecule has 1 aromatic carbocycles. The molecule has 2 heterocycles. The second-order valence-corrected chi connectivity index (χ2v) is 9.17. The van der Waals surface area contributed by atoms with Crippen LogP contribution in [0.2, 0.25) is 0 Å². The summed E-state index contributed by atoms with van der Waals surface area (Å²) >= 11 is -0.429. The van der Waals surface area contributed by atoms with Crippen molar-refractivity contribution in [2.24, 2.45) is 0 Å². The molecule has 2 aromatic rings. The number of thioether (sulfide) groups is 1. The van der Waals surface area contributed by atoms with E-state index in [1.165, 1.54) is 18.3 Å². The third-order valence-electron chi connectivity index (χ3n) is 4.26. The van der Waals surface area contributed by atoms with Gasteiger partial charge in [-0.2, -0.15) is 13.2 Å². The number of carbonyl (C=O) groups excluding carboxylic acids is 1. The van der Waals surface area contributed by atoms with Crippen molar-refractivity contribution in [2.45, 2.75) is 34.4 Å². The second-order valence-electron chi connectivity index (χ2n) is 6.40. The van der Waals surface area contributed by atoms with Gasteiger partial charge in [0.15, 0.2) is 0 Å². The summed E-state index contributed by atoms with van der Waals surface area (Å²) < 4.78 is 55.9. The summed E-state index contributed by atoms with van der Waals surface area (Å²) in [4.78, 5) is 16.2. The molecule has 0 aliphatic carbocycles. The highest BCUT2D eigenvalue weighted by molar-refractivity contribution is 8.00. The molecule has 1 aromatic heterocycles. The number of rotatable bonds is 6. The Hall–Kier alpha value is -1.91. The average molecular weight is 444 g/mol. The number of halogens is 3. The Balaban J connectivity index is 1.69. The number of hydrogen-bond acceptors (Lipinski definition) is 5. The van der Waals surface area contributed by atoms with Gasteiger partial charge in [0, 0.05) is 58.7 Å². The molecule has 1 aliphatic rings. The Morgan fingerprint density at radius 3 is 2.72 bits per heavy atom. The average Bonchev–Trinajstić information content (AvgIpc) is 2.68. The van der Waals surface area contributed by atoms with Crippen molar-refractivity contribution in [1.82, 2.24) is 4.98 Å². The highest BCUT2D eigenvalue weighted by Crippen LogP contribution is 2.37. The van der Waals surface area contributed by atoms with Gasteiger partial charge in [-0.15, -0.1) is 0 Å². The summed E-state index contributed by atoms with van der Waals surface area (Å²) in [6, 6.07) is 9.53. The quantitative estimate of drug-likeness (QED) is 0.670. The molecule has 3 rings (SSSR count). The Morgan fingerprint density at radius 2 is 2.00 bits per heavy atom. The molecule has 29 heavy (non-hydrogen) atoms. The topological polar surface area (TPSA) is 68.3 Å². The molecule has 0 saturated carbocycles. The Bertz CT molecular complexity index is 887. The maximum absolute atomic E-state index is 12.7. The molecular weight excluding hydrogens is 425 g/mol. The van der Waals surface area contributed by atoms with E-state index in [1.807, 2.05) is 6.07 Å². The molecule has 1 N–H and O–H groups in total. The van der Waals surface area contributed by atoms with Crippen molar-refractivity contribution in [3.63, 3.8) is 0 Å². The first kappa shape index (κ1) is 21.8. The van der Waals surface area contributed by atoms with Crippen LogP contribution >= 0.6 is 11.8 Å². The van der Waals surface area contributed by atoms with Crippen molar-refractivity contribution in [1.29, 1.82) is 0 Å². The van der Waals surface area contributed by atoms with E-state index in [9.17, 15) is 22.2 Å². The third kappa shape index (κ3) is 6.55. The summed E-state index contributed by atoms with van der Waals surface area (Å²) in [6.07, 6.45) is 2.71. The lowest BCUT2D eigenvalue weighted by atomic mass is 10.2. The molecule has 156 valence electrons. The van der Waals surface area contributed by atoms with E-state index < -0.39 is 39.0 Å². The fourth-order valence-corrected chi connectivity index (χ4v) is 4.98. The number of nitrogens with one attached hydrogen (secondary N) is 1. The number of nitrogens with zero attached hydrogens (tertiary/aromatic N) is 1. The summed E-state index contributed by atoms with van der Waals surface area (Å²) in [5.74, 6) is -0.344. The summed E-state index contributed by atoms with van der Waals surface area (Å²) in [5, 5.41) is 2.27. The maximum atomic E-state index is 12.7. The highest BCUT2D eigenvalue weighted by atomic mass is 32.2. The van der Waals surface area contributed by atoms with Crippen molar-refractivity contribution in [3.05, 3.63) is 53.7 Å². The van der Waals surface area contributed by atoms with E-state index in [0.717, 1.165) is 18.4 Å². The zero-order chi connectivity index (χ0) is 20.9. The number of amides is 1. The van der Waals surface area contributed by atoms with Gasteiger partial charge in [-0.25, -0.2) is 4.98 Å². The van der Waals surface area contributed by atoms with Gasteiger partial charge < -0.3 is 10.1 Å². The molecule has 0 radical (unpaired) electrons. The minimum Gasteiger partial charge on any atom is -0.381 e. The van der Waals surface area contributed by atoms with Crippen molar-refractivity contribution < 1.29 is 26.9 Å². The predicted octanol–water partition coefficient (Wildman–Crippen LogP) is 4.37. The lowest BCUT2D eigenvalue weighted by molar-refractivity contribution is -0.0329. The Kier molecular flexibility index (Phi) is 7.31. The van der Waals surface area contributed by atoms with Gasteiger partial charge in [-0.05, 0) is 42.7 Å². The fourth-order valence-electron chi connectivity index (χ4n) is 2.91. The molecule has 0 spiro atoms. The first-order chi connectivity index (χ1) is 13.8. The summed E-state index contributed by atoms with van der Waals surface area (Å²) in [5.41, 5.74) is -3.50. The van der Waals surface area contributed by atoms with Gasteiger partial charge in [-0.3, -0.25) is 9.00 Å². The van der Waals surface area contributed by atoms with Crippen LogP contribution in [0.1, 0.15) is 28.8 Å². The van der Waals surface area contributed by atoms with Crippen LogP contribution in [0.15, 0.2) is 47.6 Å². The smallest absolute Gasteiger partial charge is 0.381 e. The van der Waals surface area contributed by atoms with E-state index in [2.05, 4.69) is 10.3 Å². The first-order valence-corrected chi connectivity index (χ1v) is 11.1. The first-order valence-electron chi connectivity index (χ1n) is 8.88. The van der Waals surface area contributed by atoms with Gasteiger partial charge in [-0.1, -0.05) is 12.1 Å². The molecule has 10 heteroatoms. The van der Waals surface area contributed by atoms with Gasteiger partial charge in [0.1, 0.15) is 5.03 Å². The second kappa shape index (κ2) is 9.73. The number of ether oxygens (including phenoxy) is 1. The SMILES string of the molecule is O=C(Nc1cccc(CS(=O)C2CCOCC2)c1)c1cccnc1SC(F)(F)F. The molecule has 1 atom stereocenters. The third-order valence-corrected chi connectivity index (χ3v) is 6.85. The van der Waals surface area contributed by atoms with E-state index in [-0.39, 0.29) is 10.8 Å². The number of carbonyl (C=O) groups is 1. The van der Waals surface area contributed by atoms with Crippen LogP contribution in [0.5, 0.6) is 0 Å². The zero-order valence-corrected chi connectivity index (χ0v) is 16.9. The minimum atomic E-state index is -4.54. The molecule has 1 amide bonds. The monoisotopic (exact) mass is 444 g/mol. The standard InChI is InChI=1S/C19H19F3N2O3S2/c20-19(21,22)28-18-16(5-2-8-23-18)17(25)24-14-4-1-3-13(11-14)12-29(26)15-6-9-27-10-7-15/h1-5,8,11,15H,6-7,9-10,12H2,(H,24,25). The molecule has 1 saturated heterocycles. The number of hydrogen-bond donors (Lipinski definition) is 1. The summed E-state index contributed by atoms with van der Waals surface area (Å²) in [6.45, 7) is 1.21. The van der Waals surface area contributed by atoms with E-state index in [1.54, 1.807) is 18.2 Å². The number of pyridine rings is 1. The van der Waals surface area contributed by atoms with Crippen LogP contribution in [0.4, 0.5) is 18.9 Å². The maximum Gasteiger partial charge on any atom is 0.447 e. The lowest BCUT2D eigenvalue weighted by Crippen LogP contribution is -2.25. The van der Waals surface area contributed by atoms with Gasteiger partial charge in [0.2, 0.25) is 0 Å². The highest BCUT2D eigenvalue weighted by Gasteiger charge is 2.32. The van der Waals surface area contributed by atoms with Crippen molar-refractivity contribution in [3.8, 4) is 0 Å². The van der Waals surface area contributed by atoms with Crippen LogP contribution < -0.4 is 5.32 Å². The molecule has 5 nitrogen and oxygen atoms in total. The molecular formula is C19H19F3N2O3S2. The molecule has 1 unspecified atom stereocenters. The molecule has 0 bridgehead atoms. The minimum absolute atomic E-state index is 0.0827. The van der Waals surface area contributed by atoms with Crippen molar-refractivity contribution in [2.75, 3.05) is 18.5 Å². The molecule has 1 fully saturated rings. The predicted molar refractivity (Wildman–Crippen MR) is 106 cm³/mol. The zero-order valence-electron chi connectivity index (χ0n) is 15.3. The fraction of sp³-hybridized carbons (Fsp3) is 0.368. The summed E-state index contributed by atoms with van der Waals surface area (Å²) in [7, 11) is -1.06. The number of aromatic nitrogens is 1. The van der Waals surface area contributed by atoms with Gasteiger partial charge >= 0.3 is 5.51 Å². The van der Waals surface area contributed by atoms with Crippen LogP contribution in [0, 0.1) is 0 Å². The Labute approximate surface area is 172 Å². The van der Waals surface area contributed by atoms with Gasteiger partial charge in [0.05, 0.1) is 5.56 Å². The van der Waals surface area contributed by atoms with Crippen molar-refractivity contribution >= 4 is 34.2 Å². The van der Waals surface area contributed by atoms with Crippen LogP contribution in [0.3, 0.4) is 0 Å². The molecule has 1 aliphatic heterocycles. The largest absolute Gasteiger partial charge is 0.447 e. The number of benzene rings is 1. The Morgan fingerprint density at radius 1 is 1.24 bits per heavy atom. The lowest BCUT2D eigenvalue weighted by Gasteiger charge is -2.21. The number of alkyl halides is 3. The van der Waals surface area contributed by atoms with Crippen LogP contribution in [-0.4, -0.2) is 39.1 Å². The normalized spacial score (nSPS) is 16.4.